The van der Waals surface area contributed by atoms with Crippen LogP contribution in [0.2, 0.25) is 0 Å². The van der Waals surface area contributed by atoms with Gasteiger partial charge in [-0.1, -0.05) is 37.3 Å². The maximum atomic E-state index is 10.1. The zero-order valence-corrected chi connectivity index (χ0v) is 7.83. The van der Waals surface area contributed by atoms with E-state index in [4.69, 9.17) is 0 Å². The molecule has 2 N–H and O–H groups in total. The van der Waals surface area contributed by atoms with E-state index < -0.39 is 5.60 Å². The summed E-state index contributed by atoms with van der Waals surface area (Å²) in [6.45, 7) is 3.50. The minimum atomic E-state index is -0.526. The minimum Gasteiger partial charge on any atom is -0.387 e. The van der Waals surface area contributed by atoms with Crippen LogP contribution in [-0.2, 0) is 0 Å². The smallest absolute Gasteiger partial charge is 0.0960 e. The lowest BCUT2D eigenvalue weighted by Crippen LogP contribution is -2.62. The van der Waals surface area contributed by atoms with E-state index >= 15 is 0 Å². The predicted octanol–water partition coefficient (Wildman–Crippen LogP) is 1.12. The average molecular weight is 177 g/mol. The third-order valence-corrected chi connectivity index (χ3v) is 2.97. The Hall–Kier alpha value is -0.860. The van der Waals surface area contributed by atoms with Crippen molar-refractivity contribution in [3.05, 3.63) is 35.9 Å². The van der Waals surface area contributed by atoms with Crippen molar-refractivity contribution in [1.82, 2.24) is 5.32 Å². The molecule has 1 unspecified atom stereocenters. The van der Waals surface area contributed by atoms with Crippen LogP contribution in [0.15, 0.2) is 30.3 Å². The molecule has 0 bridgehead atoms. The molecule has 1 aromatic rings. The second kappa shape index (κ2) is 3.13. The molecule has 1 heterocycles. The maximum absolute atomic E-state index is 10.1. The van der Waals surface area contributed by atoms with Crippen LogP contribution in [0.4, 0.5) is 0 Å². The van der Waals surface area contributed by atoms with Gasteiger partial charge in [-0.25, -0.2) is 0 Å². The summed E-state index contributed by atoms with van der Waals surface area (Å²) in [7, 11) is 0. The number of β-amino-alcohol motifs (C(OH)–C–C–N with tert-alkyl or cyclic N) is 1. The molecular formula is C11H15NO. The molecule has 0 radical (unpaired) electrons. The van der Waals surface area contributed by atoms with Crippen molar-refractivity contribution < 1.29 is 5.11 Å². The quantitative estimate of drug-likeness (QED) is 0.709. The summed E-state index contributed by atoms with van der Waals surface area (Å²) < 4.78 is 0. The number of hydrogen-bond acceptors (Lipinski definition) is 2. The molecule has 1 atom stereocenters. The number of hydrogen-bond donors (Lipinski definition) is 2. The van der Waals surface area contributed by atoms with Crippen LogP contribution >= 0.6 is 0 Å². The van der Waals surface area contributed by atoms with E-state index in [2.05, 4.69) is 24.4 Å². The topological polar surface area (TPSA) is 32.3 Å². The average Bonchev–Trinajstić information content (AvgIpc) is 2.14. The van der Waals surface area contributed by atoms with Gasteiger partial charge in [0.25, 0.3) is 0 Å². The van der Waals surface area contributed by atoms with Gasteiger partial charge < -0.3 is 10.4 Å². The first kappa shape index (κ1) is 8.73. The van der Waals surface area contributed by atoms with E-state index in [0.717, 1.165) is 0 Å². The Bertz CT molecular complexity index is 279. The van der Waals surface area contributed by atoms with Crippen LogP contribution in [0.1, 0.15) is 18.4 Å². The number of benzene rings is 1. The van der Waals surface area contributed by atoms with Gasteiger partial charge in [0.05, 0.1) is 5.60 Å². The number of nitrogens with one attached hydrogen (secondary N) is 1. The Balaban J connectivity index is 2.17. The van der Waals surface area contributed by atoms with E-state index in [9.17, 15) is 5.11 Å². The van der Waals surface area contributed by atoms with Gasteiger partial charge in [0.1, 0.15) is 0 Å². The zero-order valence-electron chi connectivity index (χ0n) is 7.83. The molecule has 0 aliphatic carbocycles. The van der Waals surface area contributed by atoms with E-state index in [1.54, 1.807) is 0 Å². The van der Waals surface area contributed by atoms with Gasteiger partial charge in [-0.15, -0.1) is 0 Å². The Morgan fingerprint density at radius 2 is 1.92 bits per heavy atom. The lowest BCUT2D eigenvalue weighted by molar-refractivity contribution is -0.0299. The molecule has 0 aromatic heterocycles. The maximum Gasteiger partial charge on any atom is 0.0960 e. The lowest BCUT2D eigenvalue weighted by atomic mass is 9.79. The van der Waals surface area contributed by atoms with Gasteiger partial charge >= 0.3 is 0 Å². The summed E-state index contributed by atoms with van der Waals surface area (Å²) in [5, 5.41) is 13.2. The van der Waals surface area contributed by atoms with E-state index in [-0.39, 0.29) is 5.92 Å². The Labute approximate surface area is 78.6 Å². The molecular weight excluding hydrogens is 162 g/mol. The van der Waals surface area contributed by atoms with Crippen molar-refractivity contribution in [3.63, 3.8) is 0 Å². The molecule has 1 aromatic carbocycles. The molecule has 70 valence electrons. The molecule has 0 saturated carbocycles. The highest BCUT2D eigenvalue weighted by molar-refractivity contribution is 5.24. The molecule has 1 fully saturated rings. The Morgan fingerprint density at radius 3 is 2.38 bits per heavy atom. The van der Waals surface area contributed by atoms with Crippen LogP contribution in [0, 0.1) is 0 Å². The van der Waals surface area contributed by atoms with Crippen molar-refractivity contribution >= 4 is 0 Å². The van der Waals surface area contributed by atoms with Crippen LogP contribution in [0.5, 0.6) is 0 Å². The third kappa shape index (κ3) is 1.47. The van der Waals surface area contributed by atoms with Crippen molar-refractivity contribution in [2.24, 2.45) is 0 Å². The number of aliphatic hydroxyl groups is 1. The van der Waals surface area contributed by atoms with Gasteiger partial charge in [0.15, 0.2) is 0 Å². The van der Waals surface area contributed by atoms with Crippen LogP contribution in [-0.4, -0.2) is 23.8 Å². The zero-order chi connectivity index (χ0) is 9.31. The van der Waals surface area contributed by atoms with E-state index in [1.165, 1.54) is 5.56 Å². The fourth-order valence-corrected chi connectivity index (χ4v) is 1.74. The van der Waals surface area contributed by atoms with Crippen LogP contribution in [0.3, 0.4) is 0 Å². The fraction of sp³-hybridized carbons (Fsp3) is 0.455. The van der Waals surface area contributed by atoms with Gasteiger partial charge in [0.2, 0.25) is 0 Å². The minimum absolute atomic E-state index is 0.218. The van der Waals surface area contributed by atoms with Crippen LogP contribution in [0.25, 0.3) is 0 Å². The van der Waals surface area contributed by atoms with Gasteiger partial charge in [-0.3, -0.25) is 0 Å². The Kier molecular flexibility index (Phi) is 2.10. The highest BCUT2D eigenvalue weighted by atomic mass is 16.3. The largest absolute Gasteiger partial charge is 0.387 e. The summed E-state index contributed by atoms with van der Waals surface area (Å²) in [6, 6.07) is 10.2. The van der Waals surface area contributed by atoms with E-state index in [1.807, 2.05) is 18.2 Å². The number of rotatable bonds is 2. The normalized spacial score (nSPS) is 22.0. The van der Waals surface area contributed by atoms with E-state index in [0.29, 0.717) is 13.1 Å². The monoisotopic (exact) mass is 177 g/mol. The summed E-state index contributed by atoms with van der Waals surface area (Å²) >= 11 is 0. The highest BCUT2D eigenvalue weighted by Crippen LogP contribution is 2.30. The fourth-order valence-electron chi connectivity index (χ4n) is 1.74. The van der Waals surface area contributed by atoms with Crippen molar-refractivity contribution in [2.45, 2.75) is 18.4 Å². The molecule has 2 nitrogen and oxygen atoms in total. The first-order chi connectivity index (χ1) is 6.22. The summed E-state index contributed by atoms with van der Waals surface area (Å²) in [6.07, 6.45) is 0. The predicted molar refractivity (Wildman–Crippen MR) is 52.7 cm³/mol. The van der Waals surface area contributed by atoms with Crippen molar-refractivity contribution in [3.8, 4) is 0 Å². The molecule has 1 aliphatic rings. The lowest BCUT2D eigenvalue weighted by Gasteiger charge is -2.42. The third-order valence-electron chi connectivity index (χ3n) is 2.97. The van der Waals surface area contributed by atoms with Crippen molar-refractivity contribution in [1.29, 1.82) is 0 Å². The molecule has 2 rings (SSSR count). The molecule has 2 heteroatoms. The van der Waals surface area contributed by atoms with Crippen molar-refractivity contribution in [2.75, 3.05) is 13.1 Å². The van der Waals surface area contributed by atoms with Gasteiger partial charge in [-0.2, -0.15) is 0 Å². The first-order valence-electron chi connectivity index (χ1n) is 4.70. The highest BCUT2D eigenvalue weighted by Gasteiger charge is 2.40. The SMILES string of the molecule is CC(c1ccccc1)C1(O)CNC1. The summed E-state index contributed by atoms with van der Waals surface area (Å²) in [5.74, 6) is 0.218. The Morgan fingerprint density at radius 1 is 1.31 bits per heavy atom. The second-order valence-corrected chi connectivity index (χ2v) is 3.84. The molecule has 0 spiro atoms. The van der Waals surface area contributed by atoms with Gasteiger partial charge in [-0.05, 0) is 5.56 Å². The summed E-state index contributed by atoms with van der Waals surface area (Å²) in [5.41, 5.74) is 0.688. The summed E-state index contributed by atoms with van der Waals surface area (Å²) in [4.78, 5) is 0. The molecule has 0 amide bonds. The standard InChI is InChI=1S/C11H15NO/c1-9(11(13)7-12-8-11)10-5-3-2-4-6-10/h2-6,9,12-13H,7-8H2,1H3. The first-order valence-corrected chi connectivity index (χ1v) is 4.70. The molecule has 1 saturated heterocycles. The molecule has 1 aliphatic heterocycles. The second-order valence-electron chi connectivity index (χ2n) is 3.84. The van der Waals surface area contributed by atoms with Crippen LogP contribution < -0.4 is 5.32 Å². The molecule has 13 heavy (non-hydrogen) atoms. The van der Waals surface area contributed by atoms with Gasteiger partial charge in [0, 0.05) is 19.0 Å².